The third kappa shape index (κ3) is 4.59. The summed E-state index contributed by atoms with van der Waals surface area (Å²) in [5.74, 6) is 0.658. The molecule has 0 radical (unpaired) electrons. The van der Waals surface area contributed by atoms with Crippen LogP contribution in [0.25, 0.3) is 0 Å². The van der Waals surface area contributed by atoms with Gasteiger partial charge in [-0.2, -0.15) is 0 Å². The van der Waals surface area contributed by atoms with Crippen molar-refractivity contribution in [3.8, 4) is 0 Å². The van der Waals surface area contributed by atoms with E-state index in [1.807, 2.05) is 11.3 Å². The summed E-state index contributed by atoms with van der Waals surface area (Å²) in [6.45, 7) is 8.80. The molecule has 2 nitrogen and oxygen atoms in total. The molecule has 1 heterocycles. The molecule has 2 atom stereocenters. The first-order valence-electron chi connectivity index (χ1n) is 7.43. The van der Waals surface area contributed by atoms with Gasteiger partial charge in [0, 0.05) is 16.3 Å². The minimum absolute atomic E-state index is 0.0604. The standard InChI is InChI=1S/C16H27NOS/c1-16(2,3)15-8-7-14(19-15)11-17-10-12-5-4-6-13(18)9-12/h7-8,12-13,17-18H,4-6,9-11H2,1-3H3. The maximum absolute atomic E-state index is 9.66. The summed E-state index contributed by atoms with van der Waals surface area (Å²) in [4.78, 5) is 2.87. The van der Waals surface area contributed by atoms with Crippen molar-refractivity contribution in [1.82, 2.24) is 5.32 Å². The third-order valence-electron chi connectivity index (χ3n) is 3.89. The lowest BCUT2D eigenvalue weighted by Crippen LogP contribution is -2.28. The average Bonchev–Trinajstić information content (AvgIpc) is 2.77. The predicted molar refractivity (Wildman–Crippen MR) is 82.7 cm³/mol. The molecule has 1 aromatic rings. The first-order valence-corrected chi connectivity index (χ1v) is 8.25. The Hall–Kier alpha value is -0.380. The van der Waals surface area contributed by atoms with Crippen LogP contribution < -0.4 is 5.32 Å². The van der Waals surface area contributed by atoms with Crippen molar-refractivity contribution in [2.24, 2.45) is 5.92 Å². The fraction of sp³-hybridized carbons (Fsp3) is 0.750. The van der Waals surface area contributed by atoms with Gasteiger partial charge in [-0.25, -0.2) is 0 Å². The maximum Gasteiger partial charge on any atom is 0.0543 e. The van der Waals surface area contributed by atoms with E-state index in [-0.39, 0.29) is 11.5 Å². The lowest BCUT2D eigenvalue weighted by molar-refractivity contribution is 0.101. The van der Waals surface area contributed by atoms with Gasteiger partial charge in [-0.15, -0.1) is 11.3 Å². The van der Waals surface area contributed by atoms with Gasteiger partial charge in [0.15, 0.2) is 0 Å². The Balaban J connectivity index is 1.75. The van der Waals surface area contributed by atoms with Crippen molar-refractivity contribution >= 4 is 11.3 Å². The second kappa shape index (κ2) is 6.38. The summed E-state index contributed by atoms with van der Waals surface area (Å²) in [6.07, 6.45) is 4.36. The Morgan fingerprint density at radius 2 is 2.11 bits per heavy atom. The number of hydrogen-bond acceptors (Lipinski definition) is 3. The van der Waals surface area contributed by atoms with E-state index in [1.165, 1.54) is 22.6 Å². The van der Waals surface area contributed by atoms with Crippen molar-refractivity contribution in [2.45, 2.75) is 64.5 Å². The van der Waals surface area contributed by atoms with Crippen LogP contribution in [0.3, 0.4) is 0 Å². The molecule has 0 amide bonds. The van der Waals surface area contributed by atoms with Crippen LogP contribution in [-0.2, 0) is 12.0 Å². The lowest BCUT2D eigenvalue weighted by Gasteiger charge is -2.25. The number of nitrogens with one attached hydrogen (secondary N) is 1. The maximum atomic E-state index is 9.66. The summed E-state index contributed by atoms with van der Waals surface area (Å²) in [6, 6.07) is 4.50. The van der Waals surface area contributed by atoms with E-state index in [0.29, 0.717) is 5.92 Å². The molecule has 2 unspecified atom stereocenters. The Bertz CT molecular complexity index is 394. The van der Waals surface area contributed by atoms with Gasteiger partial charge in [-0.3, -0.25) is 0 Å². The van der Waals surface area contributed by atoms with E-state index in [1.54, 1.807) is 0 Å². The third-order valence-corrected chi connectivity index (χ3v) is 5.40. The van der Waals surface area contributed by atoms with E-state index >= 15 is 0 Å². The van der Waals surface area contributed by atoms with Crippen LogP contribution in [0.15, 0.2) is 12.1 Å². The van der Waals surface area contributed by atoms with Gasteiger partial charge >= 0.3 is 0 Å². The van der Waals surface area contributed by atoms with Gasteiger partial charge in [0.05, 0.1) is 6.10 Å². The summed E-state index contributed by atoms with van der Waals surface area (Å²) >= 11 is 1.92. The molecule has 1 aromatic heterocycles. The highest BCUT2D eigenvalue weighted by Crippen LogP contribution is 2.29. The van der Waals surface area contributed by atoms with Gasteiger partial charge in [0.25, 0.3) is 0 Å². The second-order valence-corrected chi connectivity index (χ2v) is 8.00. The largest absolute Gasteiger partial charge is 0.393 e. The molecular weight excluding hydrogens is 254 g/mol. The van der Waals surface area contributed by atoms with Crippen molar-refractivity contribution in [2.75, 3.05) is 6.54 Å². The molecule has 2 N–H and O–H groups in total. The number of aliphatic hydroxyl groups is 1. The van der Waals surface area contributed by atoms with Gasteiger partial charge in [-0.1, -0.05) is 27.2 Å². The molecule has 1 aliphatic carbocycles. The highest BCUT2D eigenvalue weighted by atomic mass is 32.1. The SMILES string of the molecule is CC(C)(C)c1ccc(CNCC2CCCC(O)C2)s1. The topological polar surface area (TPSA) is 32.3 Å². The Morgan fingerprint density at radius 3 is 2.74 bits per heavy atom. The smallest absolute Gasteiger partial charge is 0.0543 e. The van der Waals surface area contributed by atoms with E-state index in [2.05, 4.69) is 38.2 Å². The van der Waals surface area contributed by atoms with E-state index < -0.39 is 0 Å². The molecule has 0 bridgehead atoms. The molecule has 3 heteroatoms. The molecule has 0 aromatic carbocycles. The Labute approximate surface area is 121 Å². The molecule has 108 valence electrons. The fourth-order valence-corrected chi connectivity index (χ4v) is 3.76. The van der Waals surface area contributed by atoms with Crippen LogP contribution in [0, 0.1) is 5.92 Å². The van der Waals surface area contributed by atoms with Crippen molar-refractivity contribution in [1.29, 1.82) is 0 Å². The van der Waals surface area contributed by atoms with Crippen LogP contribution in [0.5, 0.6) is 0 Å². The first-order chi connectivity index (χ1) is 8.95. The quantitative estimate of drug-likeness (QED) is 0.882. The van der Waals surface area contributed by atoms with Crippen LogP contribution >= 0.6 is 11.3 Å². The molecule has 1 aliphatic rings. The number of rotatable bonds is 4. The highest BCUT2D eigenvalue weighted by molar-refractivity contribution is 7.12. The first kappa shape index (κ1) is 15.0. The normalized spacial score (nSPS) is 24.6. The summed E-state index contributed by atoms with van der Waals surface area (Å²) in [7, 11) is 0. The molecular formula is C16H27NOS. The Kier molecular flexibility index (Phi) is 5.04. The van der Waals surface area contributed by atoms with Crippen LogP contribution in [0.2, 0.25) is 0 Å². The van der Waals surface area contributed by atoms with Crippen LogP contribution in [0.4, 0.5) is 0 Å². The van der Waals surface area contributed by atoms with Crippen molar-refractivity contribution < 1.29 is 5.11 Å². The molecule has 0 aliphatic heterocycles. The summed E-state index contributed by atoms with van der Waals surface area (Å²) < 4.78 is 0. The number of aliphatic hydroxyl groups excluding tert-OH is 1. The summed E-state index contributed by atoms with van der Waals surface area (Å²) in [5, 5.41) is 13.2. The van der Waals surface area contributed by atoms with Gasteiger partial charge < -0.3 is 10.4 Å². The van der Waals surface area contributed by atoms with E-state index in [4.69, 9.17) is 0 Å². The zero-order chi connectivity index (χ0) is 13.9. The highest BCUT2D eigenvalue weighted by Gasteiger charge is 2.20. The number of thiophene rings is 1. The lowest BCUT2D eigenvalue weighted by atomic mass is 9.87. The van der Waals surface area contributed by atoms with Crippen LogP contribution in [0.1, 0.15) is 56.2 Å². The molecule has 1 fully saturated rings. The minimum atomic E-state index is -0.0604. The fourth-order valence-electron chi connectivity index (χ4n) is 2.72. The van der Waals surface area contributed by atoms with Crippen LogP contribution in [-0.4, -0.2) is 17.8 Å². The molecule has 1 saturated carbocycles. The van der Waals surface area contributed by atoms with Gasteiger partial charge in [0.2, 0.25) is 0 Å². The molecule has 19 heavy (non-hydrogen) atoms. The minimum Gasteiger partial charge on any atom is -0.393 e. The van der Waals surface area contributed by atoms with E-state index in [0.717, 1.165) is 25.9 Å². The Morgan fingerprint density at radius 1 is 1.32 bits per heavy atom. The zero-order valence-electron chi connectivity index (χ0n) is 12.4. The number of hydrogen-bond donors (Lipinski definition) is 2. The van der Waals surface area contributed by atoms with Gasteiger partial charge in [0.1, 0.15) is 0 Å². The van der Waals surface area contributed by atoms with Crippen molar-refractivity contribution in [3.63, 3.8) is 0 Å². The second-order valence-electron chi connectivity index (χ2n) is 6.83. The predicted octanol–water partition coefficient (Wildman–Crippen LogP) is 3.69. The molecule has 2 rings (SSSR count). The molecule has 0 saturated heterocycles. The molecule has 0 spiro atoms. The monoisotopic (exact) mass is 281 g/mol. The van der Waals surface area contributed by atoms with E-state index in [9.17, 15) is 5.11 Å². The average molecular weight is 281 g/mol. The van der Waals surface area contributed by atoms with Crippen molar-refractivity contribution in [3.05, 3.63) is 21.9 Å². The zero-order valence-corrected chi connectivity index (χ0v) is 13.2. The summed E-state index contributed by atoms with van der Waals surface area (Å²) in [5.41, 5.74) is 0.260. The van der Waals surface area contributed by atoms with Gasteiger partial charge in [-0.05, 0) is 49.3 Å².